The van der Waals surface area contributed by atoms with Gasteiger partial charge >= 0.3 is 0 Å². The maximum Gasteiger partial charge on any atom is 0.252 e. The van der Waals surface area contributed by atoms with Crippen LogP contribution in [0.3, 0.4) is 0 Å². The van der Waals surface area contributed by atoms with Crippen LogP contribution in [0.5, 0.6) is 0 Å². The van der Waals surface area contributed by atoms with Crippen molar-refractivity contribution in [1.82, 2.24) is 10.3 Å². The Morgan fingerprint density at radius 1 is 1.24 bits per heavy atom. The molecule has 0 radical (unpaired) electrons. The Morgan fingerprint density at radius 2 is 1.97 bits per heavy atom. The highest BCUT2D eigenvalue weighted by atomic mass is 19.3. The Morgan fingerprint density at radius 3 is 2.59 bits per heavy atom. The van der Waals surface area contributed by atoms with Gasteiger partial charge in [-0.3, -0.25) is 9.59 Å². The second kappa shape index (κ2) is 6.95. The van der Waals surface area contributed by atoms with Crippen molar-refractivity contribution in [2.45, 2.75) is 31.7 Å². The van der Waals surface area contributed by atoms with E-state index in [-0.39, 0.29) is 18.4 Å². The lowest BCUT2D eigenvalue weighted by Gasteiger charge is -2.45. The van der Waals surface area contributed by atoms with Crippen molar-refractivity contribution in [3.05, 3.63) is 53.8 Å². The molecule has 1 aliphatic rings. The lowest BCUT2D eigenvalue weighted by Crippen LogP contribution is -2.65. The van der Waals surface area contributed by atoms with Gasteiger partial charge in [0.25, 0.3) is 5.91 Å². The number of halogens is 2. The van der Waals surface area contributed by atoms with Gasteiger partial charge < -0.3 is 15.5 Å². The minimum Gasteiger partial charge on any atom is -0.460 e. The number of pyridine rings is 1. The van der Waals surface area contributed by atoms with E-state index < -0.39 is 29.7 Å². The number of hydrogen-bond acceptors (Lipinski definition) is 4. The number of furan rings is 1. The number of nitrogens with two attached hydrogens (primary N) is 1. The van der Waals surface area contributed by atoms with E-state index in [1.54, 1.807) is 49.4 Å². The molecule has 2 heterocycles. The summed E-state index contributed by atoms with van der Waals surface area (Å²) in [4.78, 5) is 29.5. The molecule has 0 spiro atoms. The number of benzene rings is 1. The molecule has 3 N–H and O–H groups in total. The fourth-order valence-electron chi connectivity index (χ4n) is 3.72. The topological polar surface area (TPSA) is 98.2 Å². The number of hydrogen-bond donors (Lipinski definition) is 2. The molecule has 0 bridgehead atoms. The second-order valence-corrected chi connectivity index (χ2v) is 7.39. The lowest BCUT2D eigenvalue weighted by molar-refractivity contribution is -0.133. The number of aryl methyl sites for hydroxylation is 1. The lowest BCUT2D eigenvalue weighted by atomic mass is 9.67. The van der Waals surface area contributed by atoms with E-state index in [1.165, 1.54) is 0 Å². The van der Waals surface area contributed by atoms with Crippen LogP contribution in [0.15, 0.2) is 46.9 Å². The van der Waals surface area contributed by atoms with Crippen LogP contribution in [0, 0.1) is 12.8 Å². The summed E-state index contributed by atoms with van der Waals surface area (Å²) in [6, 6.07) is 12.1. The number of para-hydroxylation sites is 1. The van der Waals surface area contributed by atoms with Crippen LogP contribution in [-0.2, 0) is 4.79 Å². The summed E-state index contributed by atoms with van der Waals surface area (Å²) in [6.45, 7) is 1.80. The Bertz CT molecular complexity index is 1100. The van der Waals surface area contributed by atoms with Crippen molar-refractivity contribution < 1.29 is 22.8 Å². The molecule has 2 amide bonds. The standard InChI is InChI=1S/C21H19F2N3O3/c1-11-6-7-17(29-11)16-8-14(13-4-2-3-5-15(13)25-16)19(27)26-21(20(24)28)9-12(10-21)18(22)23/h2-8,12,18H,9-10H2,1H3,(H2,24,28)(H,26,27). The van der Waals surface area contributed by atoms with E-state index in [0.29, 0.717) is 28.1 Å². The first-order valence-corrected chi connectivity index (χ1v) is 9.16. The smallest absolute Gasteiger partial charge is 0.252 e. The molecule has 29 heavy (non-hydrogen) atoms. The van der Waals surface area contributed by atoms with Crippen molar-refractivity contribution in [3.63, 3.8) is 0 Å². The highest BCUT2D eigenvalue weighted by molar-refractivity contribution is 6.09. The molecule has 0 saturated heterocycles. The van der Waals surface area contributed by atoms with Crippen LogP contribution in [-0.4, -0.2) is 28.8 Å². The van der Waals surface area contributed by atoms with Gasteiger partial charge in [0.1, 0.15) is 17.0 Å². The van der Waals surface area contributed by atoms with Gasteiger partial charge in [0.2, 0.25) is 12.3 Å². The van der Waals surface area contributed by atoms with E-state index >= 15 is 0 Å². The molecule has 0 aliphatic heterocycles. The van der Waals surface area contributed by atoms with Gasteiger partial charge in [-0.25, -0.2) is 13.8 Å². The molecule has 8 heteroatoms. The fourth-order valence-corrected chi connectivity index (χ4v) is 3.72. The third kappa shape index (κ3) is 3.35. The summed E-state index contributed by atoms with van der Waals surface area (Å²) in [5, 5.41) is 3.17. The zero-order valence-corrected chi connectivity index (χ0v) is 15.6. The fraction of sp³-hybridized carbons (Fsp3) is 0.286. The SMILES string of the molecule is Cc1ccc(-c2cc(C(=O)NC3(C(N)=O)CC(C(F)F)C3)c3ccccc3n2)o1. The summed E-state index contributed by atoms with van der Waals surface area (Å²) in [7, 11) is 0. The Hall–Kier alpha value is -3.29. The van der Waals surface area contributed by atoms with Gasteiger partial charge in [-0.15, -0.1) is 0 Å². The summed E-state index contributed by atoms with van der Waals surface area (Å²) in [5.74, 6) is -1.16. The molecule has 3 aromatic rings. The van der Waals surface area contributed by atoms with Crippen molar-refractivity contribution >= 4 is 22.7 Å². The van der Waals surface area contributed by atoms with E-state index in [2.05, 4.69) is 10.3 Å². The first kappa shape index (κ1) is 19.0. The molecule has 150 valence electrons. The molecule has 6 nitrogen and oxygen atoms in total. The van der Waals surface area contributed by atoms with Crippen molar-refractivity contribution in [2.24, 2.45) is 11.7 Å². The minimum atomic E-state index is -2.56. The molecule has 1 fully saturated rings. The molecule has 2 aromatic heterocycles. The summed E-state index contributed by atoms with van der Waals surface area (Å²) >= 11 is 0. The van der Waals surface area contributed by atoms with Gasteiger partial charge in [-0.2, -0.15) is 0 Å². The van der Waals surface area contributed by atoms with Crippen LogP contribution >= 0.6 is 0 Å². The molecular formula is C21H19F2N3O3. The second-order valence-electron chi connectivity index (χ2n) is 7.39. The predicted molar refractivity (Wildman–Crippen MR) is 102 cm³/mol. The third-order valence-electron chi connectivity index (χ3n) is 5.36. The molecule has 0 unspecified atom stereocenters. The first-order valence-electron chi connectivity index (χ1n) is 9.16. The Balaban J connectivity index is 1.72. The van der Waals surface area contributed by atoms with Crippen molar-refractivity contribution in [3.8, 4) is 11.5 Å². The van der Waals surface area contributed by atoms with Crippen LogP contribution < -0.4 is 11.1 Å². The normalized spacial score (nSPS) is 21.2. The average molecular weight is 399 g/mol. The molecule has 4 rings (SSSR count). The molecule has 1 aromatic carbocycles. The van der Waals surface area contributed by atoms with Gasteiger partial charge in [-0.1, -0.05) is 18.2 Å². The number of primary amides is 1. The van der Waals surface area contributed by atoms with Crippen LogP contribution in [0.25, 0.3) is 22.4 Å². The number of alkyl halides is 2. The van der Waals surface area contributed by atoms with Crippen LogP contribution in [0.2, 0.25) is 0 Å². The molecule has 0 atom stereocenters. The molecular weight excluding hydrogens is 380 g/mol. The molecule has 1 aliphatic carbocycles. The number of fused-ring (bicyclic) bond motifs is 1. The maximum atomic E-state index is 13.1. The van der Waals surface area contributed by atoms with Crippen LogP contribution in [0.1, 0.15) is 29.0 Å². The highest BCUT2D eigenvalue weighted by Gasteiger charge is 2.53. The van der Waals surface area contributed by atoms with Gasteiger partial charge in [0.05, 0.1) is 11.1 Å². The van der Waals surface area contributed by atoms with Crippen molar-refractivity contribution in [1.29, 1.82) is 0 Å². The number of carbonyl (C=O) groups is 2. The number of nitrogens with zero attached hydrogens (tertiary/aromatic N) is 1. The van der Waals surface area contributed by atoms with E-state index in [0.717, 1.165) is 0 Å². The van der Waals surface area contributed by atoms with Gasteiger partial charge in [-0.05, 0) is 44.0 Å². The monoisotopic (exact) mass is 399 g/mol. The highest BCUT2D eigenvalue weighted by Crippen LogP contribution is 2.41. The Labute approximate surface area is 165 Å². The molecule has 1 saturated carbocycles. The Kier molecular flexibility index (Phi) is 4.56. The summed E-state index contributed by atoms with van der Waals surface area (Å²) in [5.41, 5.74) is 5.25. The van der Waals surface area contributed by atoms with E-state index in [1.807, 2.05) is 0 Å². The average Bonchev–Trinajstić information content (AvgIpc) is 3.09. The first-order chi connectivity index (χ1) is 13.8. The predicted octanol–water partition coefficient (Wildman–Crippen LogP) is 3.43. The summed E-state index contributed by atoms with van der Waals surface area (Å²) < 4.78 is 31.4. The van der Waals surface area contributed by atoms with E-state index in [9.17, 15) is 18.4 Å². The third-order valence-corrected chi connectivity index (χ3v) is 5.36. The zero-order valence-electron chi connectivity index (χ0n) is 15.6. The zero-order chi connectivity index (χ0) is 20.8. The largest absolute Gasteiger partial charge is 0.460 e. The number of nitrogens with one attached hydrogen (secondary N) is 1. The van der Waals surface area contributed by atoms with Gasteiger partial charge in [0, 0.05) is 11.3 Å². The van der Waals surface area contributed by atoms with Crippen LogP contribution in [0.4, 0.5) is 8.78 Å². The maximum absolute atomic E-state index is 13.1. The summed E-state index contributed by atoms with van der Waals surface area (Å²) in [6.07, 6.45) is -2.92. The number of rotatable bonds is 5. The van der Waals surface area contributed by atoms with E-state index in [4.69, 9.17) is 10.2 Å². The number of carbonyl (C=O) groups excluding carboxylic acids is 2. The van der Waals surface area contributed by atoms with Crippen molar-refractivity contribution in [2.75, 3.05) is 0 Å². The quantitative estimate of drug-likeness (QED) is 0.687. The number of aromatic nitrogens is 1. The van der Waals surface area contributed by atoms with Gasteiger partial charge in [0.15, 0.2) is 5.76 Å². The number of amides is 2. The minimum absolute atomic E-state index is 0.182.